The van der Waals surface area contributed by atoms with Crippen LogP contribution in [0.25, 0.3) is 22.3 Å². The largest absolute Gasteiger partial charge is 0.508 e. The van der Waals surface area contributed by atoms with Crippen molar-refractivity contribution in [3.63, 3.8) is 0 Å². The monoisotopic (exact) mass is 344 g/mol. The van der Waals surface area contributed by atoms with Crippen molar-refractivity contribution in [3.05, 3.63) is 77.4 Å². The van der Waals surface area contributed by atoms with Crippen LogP contribution >= 0.6 is 0 Å². The number of hydrogen-bond donors (Lipinski definition) is 1. The summed E-state index contributed by atoms with van der Waals surface area (Å²) in [7, 11) is 0. The van der Waals surface area contributed by atoms with Crippen LogP contribution in [0, 0.1) is 13.8 Å². The van der Waals surface area contributed by atoms with Crippen LogP contribution in [0.4, 0.5) is 0 Å². The third-order valence-corrected chi connectivity index (χ3v) is 5.08. The number of aryl methyl sites for hydroxylation is 3. The first-order valence-electron chi connectivity index (χ1n) is 9.58. The molecule has 3 aromatic carbocycles. The molecule has 3 aromatic rings. The first-order valence-corrected chi connectivity index (χ1v) is 9.58. The lowest BCUT2D eigenvalue weighted by Crippen LogP contribution is -1.89. The third-order valence-electron chi connectivity index (χ3n) is 5.08. The van der Waals surface area contributed by atoms with Crippen LogP contribution in [0.15, 0.2) is 60.7 Å². The number of hydrogen-bond acceptors (Lipinski definition) is 1. The van der Waals surface area contributed by atoms with Gasteiger partial charge in [0.15, 0.2) is 0 Å². The molecule has 0 aromatic heterocycles. The number of phenols is 1. The van der Waals surface area contributed by atoms with Crippen molar-refractivity contribution in [1.82, 2.24) is 0 Å². The van der Waals surface area contributed by atoms with Crippen LogP contribution in [0.5, 0.6) is 5.75 Å². The van der Waals surface area contributed by atoms with Crippen molar-refractivity contribution in [2.24, 2.45) is 0 Å². The Labute approximate surface area is 157 Å². The molecule has 0 aliphatic rings. The predicted octanol–water partition coefficient (Wildman–Crippen LogP) is 7.08. The van der Waals surface area contributed by atoms with Crippen molar-refractivity contribution in [2.75, 3.05) is 0 Å². The zero-order valence-corrected chi connectivity index (χ0v) is 16.0. The Morgan fingerprint density at radius 2 is 1.31 bits per heavy atom. The molecule has 0 saturated carbocycles. The highest BCUT2D eigenvalue weighted by atomic mass is 16.3. The van der Waals surface area contributed by atoms with Gasteiger partial charge in [0.2, 0.25) is 0 Å². The summed E-state index contributed by atoms with van der Waals surface area (Å²) in [6, 6.07) is 21.2. The zero-order valence-electron chi connectivity index (χ0n) is 16.0. The number of rotatable bonds is 6. The van der Waals surface area contributed by atoms with E-state index in [0.717, 1.165) is 5.56 Å². The van der Waals surface area contributed by atoms with Crippen LogP contribution in [-0.4, -0.2) is 5.11 Å². The summed E-state index contributed by atoms with van der Waals surface area (Å²) >= 11 is 0. The summed E-state index contributed by atoms with van der Waals surface area (Å²) in [6.45, 7) is 6.44. The number of aromatic hydroxyl groups is 1. The molecule has 26 heavy (non-hydrogen) atoms. The molecule has 0 bridgehead atoms. The molecule has 0 spiro atoms. The number of benzene rings is 3. The molecule has 1 heteroatoms. The van der Waals surface area contributed by atoms with Gasteiger partial charge in [-0.3, -0.25) is 0 Å². The van der Waals surface area contributed by atoms with E-state index < -0.39 is 0 Å². The van der Waals surface area contributed by atoms with Crippen molar-refractivity contribution in [1.29, 1.82) is 0 Å². The topological polar surface area (TPSA) is 20.2 Å². The Morgan fingerprint density at radius 1 is 0.692 bits per heavy atom. The third kappa shape index (κ3) is 4.16. The summed E-state index contributed by atoms with van der Waals surface area (Å²) < 4.78 is 0. The van der Waals surface area contributed by atoms with E-state index in [-0.39, 0.29) is 0 Å². The molecule has 0 heterocycles. The van der Waals surface area contributed by atoms with Crippen molar-refractivity contribution < 1.29 is 5.11 Å². The van der Waals surface area contributed by atoms with Crippen LogP contribution in [0.3, 0.4) is 0 Å². The van der Waals surface area contributed by atoms with Gasteiger partial charge in [-0.15, -0.1) is 0 Å². The molecular formula is C25H28O. The van der Waals surface area contributed by atoms with E-state index in [9.17, 15) is 5.11 Å². The average Bonchev–Trinajstić information content (AvgIpc) is 2.63. The van der Waals surface area contributed by atoms with Gasteiger partial charge < -0.3 is 5.11 Å². The molecule has 0 amide bonds. The van der Waals surface area contributed by atoms with Gasteiger partial charge in [0, 0.05) is 0 Å². The Morgan fingerprint density at radius 3 is 1.92 bits per heavy atom. The number of unbranched alkanes of at least 4 members (excludes halogenated alkanes) is 2. The van der Waals surface area contributed by atoms with Gasteiger partial charge in [0.05, 0.1) is 0 Å². The molecule has 0 aliphatic heterocycles. The van der Waals surface area contributed by atoms with Crippen LogP contribution in [-0.2, 0) is 6.42 Å². The minimum absolute atomic E-state index is 0.319. The molecule has 0 aliphatic carbocycles. The first-order chi connectivity index (χ1) is 12.6. The fourth-order valence-electron chi connectivity index (χ4n) is 3.54. The lowest BCUT2D eigenvalue weighted by atomic mass is 9.93. The normalized spacial score (nSPS) is 10.9. The zero-order chi connectivity index (χ0) is 18.5. The molecule has 134 valence electrons. The van der Waals surface area contributed by atoms with E-state index in [1.807, 2.05) is 19.1 Å². The fraction of sp³-hybridized carbons (Fsp3) is 0.280. The Kier molecular flexibility index (Phi) is 5.78. The lowest BCUT2D eigenvalue weighted by molar-refractivity contribution is 0.475. The Hall–Kier alpha value is -2.54. The van der Waals surface area contributed by atoms with Gasteiger partial charge in [0.25, 0.3) is 0 Å². The summed E-state index contributed by atoms with van der Waals surface area (Å²) in [5, 5.41) is 9.64. The van der Waals surface area contributed by atoms with Crippen LogP contribution < -0.4 is 0 Å². The van der Waals surface area contributed by atoms with Gasteiger partial charge in [-0.1, -0.05) is 68.3 Å². The Balaban J connectivity index is 1.83. The molecule has 1 N–H and O–H groups in total. The maximum atomic E-state index is 9.64. The summed E-state index contributed by atoms with van der Waals surface area (Å²) in [6.07, 6.45) is 5.02. The van der Waals surface area contributed by atoms with Crippen molar-refractivity contribution >= 4 is 0 Å². The second kappa shape index (κ2) is 8.23. The molecule has 0 radical (unpaired) electrons. The fourth-order valence-corrected chi connectivity index (χ4v) is 3.54. The van der Waals surface area contributed by atoms with Crippen molar-refractivity contribution in [2.45, 2.75) is 46.5 Å². The quantitative estimate of drug-likeness (QED) is 0.474. The van der Waals surface area contributed by atoms with E-state index in [1.54, 1.807) is 6.07 Å². The van der Waals surface area contributed by atoms with E-state index in [4.69, 9.17) is 0 Å². The Bertz CT molecular complexity index is 875. The minimum Gasteiger partial charge on any atom is -0.508 e. The maximum absolute atomic E-state index is 9.64. The molecule has 0 saturated heterocycles. The lowest BCUT2D eigenvalue weighted by Gasteiger charge is -2.12. The summed E-state index contributed by atoms with van der Waals surface area (Å²) in [5.74, 6) is 0.319. The molecule has 1 nitrogen and oxygen atoms in total. The maximum Gasteiger partial charge on any atom is 0.115 e. The summed E-state index contributed by atoms with van der Waals surface area (Å²) in [4.78, 5) is 0. The highest BCUT2D eigenvalue weighted by Gasteiger charge is 2.08. The highest BCUT2D eigenvalue weighted by molar-refractivity contribution is 5.75. The standard InChI is InChI=1S/C25H28O/c1-4-5-6-7-20-8-10-21(11-9-20)22-12-14-24(18(2)16-22)25-15-13-23(26)17-19(25)3/h8-17,26H,4-7H2,1-3H3. The SMILES string of the molecule is CCCCCc1ccc(-c2ccc(-c3ccc(O)cc3C)c(C)c2)cc1. The van der Waals surface area contributed by atoms with Crippen LogP contribution in [0.2, 0.25) is 0 Å². The van der Waals surface area contributed by atoms with Crippen molar-refractivity contribution in [3.8, 4) is 28.0 Å². The van der Waals surface area contributed by atoms with E-state index in [0.29, 0.717) is 5.75 Å². The smallest absolute Gasteiger partial charge is 0.115 e. The van der Waals surface area contributed by atoms with E-state index in [2.05, 4.69) is 56.3 Å². The molecular weight excluding hydrogens is 316 g/mol. The summed E-state index contributed by atoms with van der Waals surface area (Å²) in [5.41, 5.74) is 8.69. The van der Waals surface area contributed by atoms with Gasteiger partial charge in [-0.2, -0.15) is 0 Å². The average molecular weight is 344 g/mol. The molecule has 0 fully saturated rings. The molecule has 0 unspecified atom stereocenters. The minimum atomic E-state index is 0.319. The second-order valence-corrected chi connectivity index (χ2v) is 7.18. The van der Waals surface area contributed by atoms with E-state index in [1.165, 1.54) is 59.1 Å². The molecule has 0 atom stereocenters. The first kappa shape index (κ1) is 18.3. The van der Waals surface area contributed by atoms with Gasteiger partial charge in [-0.05, 0) is 77.8 Å². The molecule has 3 rings (SSSR count). The van der Waals surface area contributed by atoms with E-state index >= 15 is 0 Å². The van der Waals surface area contributed by atoms with Crippen LogP contribution in [0.1, 0.15) is 42.9 Å². The predicted molar refractivity (Wildman–Crippen MR) is 112 cm³/mol. The van der Waals surface area contributed by atoms with Gasteiger partial charge in [-0.25, -0.2) is 0 Å². The van der Waals surface area contributed by atoms with Gasteiger partial charge in [0.1, 0.15) is 5.75 Å². The van der Waals surface area contributed by atoms with Gasteiger partial charge >= 0.3 is 0 Å². The highest BCUT2D eigenvalue weighted by Crippen LogP contribution is 2.32. The second-order valence-electron chi connectivity index (χ2n) is 7.18. The number of phenolic OH excluding ortho intramolecular Hbond substituents is 1.